The number of aliphatic hydroxyl groups excluding tert-OH is 1. The van der Waals surface area contributed by atoms with E-state index in [0.717, 1.165) is 4.47 Å². The Bertz CT molecular complexity index is 1130. The Hall–Kier alpha value is -2.68. The van der Waals surface area contributed by atoms with Crippen LogP contribution in [-0.4, -0.2) is 37.2 Å². The summed E-state index contributed by atoms with van der Waals surface area (Å²) < 4.78 is 8.72. The Morgan fingerprint density at radius 3 is 2.47 bits per heavy atom. The number of carbonyl (C=O) groups is 1. The lowest BCUT2D eigenvalue weighted by molar-refractivity contribution is -0.161. The molecule has 154 valence electrons. The Labute approximate surface area is 180 Å². The number of aryl methyl sites for hydroxylation is 1. The van der Waals surface area contributed by atoms with Gasteiger partial charge in [-0.15, -0.1) is 0 Å². The summed E-state index contributed by atoms with van der Waals surface area (Å²) >= 11 is 3.41. The summed E-state index contributed by atoms with van der Waals surface area (Å²) in [5.74, 6) is -3.06. The second kappa shape index (κ2) is 6.41. The van der Waals surface area contributed by atoms with Crippen LogP contribution in [0.5, 0.6) is 5.75 Å². The van der Waals surface area contributed by atoms with E-state index in [9.17, 15) is 20.1 Å². The first-order valence-electron chi connectivity index (χ1n) is 9.48. The Morgan fingerprint density at radius 1 is 1.17 bits per heavy atom. The number of carboxylic acid groups (broad SMARTS) is 1. The zero-order valence-corrected chi connectivity index (χ0v) is 17.5. The van der Waals surface area contributed by atoms with Gasteiger partial charge in [0.05, 0.1) is 12.1 Å². The van der Waals surface area contributed by atoms with E-state index in [-0.39, 0.29) is 5.69 Å². The maximum atomic E-state index is 12.4. The lowest BCUT2D eigenvalue weighted by Crippen LogP contribution is -2.52. The fourth-order valence-electron chi connectivity index (χ4n) is 5.12. The van der Waals surface area contributed by atoms with Crippen molar-refractivity contribution in [2.24, 2.45) is 13.0 Å². The number of aliphatic carboxylic acids is 1. The number of rotatable bonds is 3. The van der Waals surface area contributed by atoms with Crippen LogP contribution in [0, 0.1) is 5.92 Å². The topological polar surface area (TPSA) is 105 Å². The van der Waals surface area contributed by atoms with E-state index in [2.05, 4.69) is 21.0 Å². The van der Waals surface area contributed by atoms with Gasteiger partial charge in [-0.2, -0.15) is 5.10 Å². The first-order valence-corrected chi connectivity index (χ1v) is 10.3. The zero-order chi connectivity index (χ0) is 21.3. The van der Waals surface area contributed by atoms with Crippen molar-refractivity contribution in [2.75, 3.05) is 0 Å². The summed E-state index contributed by atoms with van der Waals surface area (Å²) in [5.41, 5.74) is -2.27. The molecule has 1 unspecified atom stereocenters. The monoisotopic (exact) mass is 470 g/mol. The molecule has 1 fully saturated rings. The van der Waals surface area contributed by atoms with Crippen LogP contribution in [0.2, 0.25) is 0 Å². The van der Waals surface area contributed by atoms with Crippen LogP contribution in [0.3, 0.4) is 0 Å². The summed E-state index contributed by atoms with van der Waals surface area (Å²) in [5, 5.41) is 37.8. The summed E-state index contributed by atoms with van der Waals surface area (Å²) in [6.07, 6.45) is -0.0171. The minimum absolute atomic E-state index is 0.144. The lowest BCUT2D eigenvalue weighted by atomic mass is 9.71. The Balaban J connectivity index is 1.86. The number of hydrogen-bond donors (Lipinski definition) is 3. The third-order valence-corrected chi connectivity index (χ3v) is 6.80. The van der Waals surface area contributed by atoms with Crippen LogP contribution in [-0.2, 0) is 23.0 Å². The number of carboxylic acids is 1. The van der Waals surface area contributed by atoms with Gasteiger partial charge in [-0.05, 0) is 23.3 Å². The van der Waals surface area contributed by atoms with E-state index < -0.39 is 35.1 Å². The van der Waals surface area contributed by atoms with Gasteiger partial charge in [0.25, 0.3) is 0 Å². The SMILES string of the molecule is Cn1cc2c(n1)C1(O)[C@H](O)[C@H](C(=O)O)[C@@H](c3ccccc3)[C@]1(c1ccc(Br)cc1)O2. The van der Waals surface area contributed by atoms with E-state index in [1.54, 1.807) is 61.8 Å². The molecule has 2 aromatic carbocycles. The number of benzene rings is 2. The normalized spacial score (nSPS) is 31.8. The van der Waals surface area contributed by atoms with Crippen LogP contribution >= 0.6 is 15.9 Å². The summed E-state index contributed by atoms with van der Waals surface area (Å²) in [7, 11) is 1.68. The molecule has 3 N–H and O–H groups in total. The molecular weight excluding hydrogens is 452 g/mol. The molecule has 1 aliphatic heterocycles. The molecule has 7 nitrogen and oxygen atoms in total. The number of halogens is 1. The third-order valence-electron chi connectivity index (χ3n) is 6.28. The van der Waals surface area contributed by atoms with E-state index in [1.165, 1.54) is 4.68 Å². The van der Waals surface area contributed by atoms with E-state index >= 15 is 0 Å². The van der Waals surface area contributed by atoms with Crippen molar-refractivity contribution in [1.29, 1.82) is 0 Å². The van der Waals surface area contributed by atoms with Gasteiger partial charge in [0.1, 0.15) is 11.8 Å². The Morgan fingerprint density at radius 2 is 1.83 bits per heavy atom. The van der Waals surface area contributed by atoms with Crippen molar-refractivity contribution >= 4 is 21.9 Å². The van der Waals surface area contributed by atoms with Crippen LogP contribution in [0.4, 0.5) is 0 Å². The van der Waals surface area contributed by atoms with Crippen molar-refractivity contribution in [2.45, 2.75) is 23.2 Å². The number of fused-ring (bicyclic) bond motifs is 3. The van der Waals surface area contributed by atoms with Gasteiger partial charge in [-0.3, -0.25) is 9.48 Å². The van der Waals surface area contributed by atoms with Gasteiger partial charge in [0.15, 0.2) is 17.0 Å². The van der Waals surface area contributed by atoms with Crippen LogP contribution in [0.15, 0.2) is 65.3 Å². The molecule has 0 saturated heterocycles. The molecule has 2 aliphatic rings. The molecule has 0 radical (unpaired) electrons. The number of ether oxygens (including phenoxy) is 1. The van der Waals surface area contributed by atoms with Gasteiger partial charge in [-0.25, -0.2) is 0 Å². The first kappa shape index (κ1) is 19.3. The molecule has 1 aromatic heterocycles. The zero-order valence-electron chi connectivity index (χ0n) is 15.9. The number of aliphatic hydroxyl groups is 2. The molecule has 3 aromatic rings. The molecule has 2 heterocycles. The molecule has 5 rings (SSSR count). The smallest absolute Gasteiger partial charge is 0.310 e. The molecule has 30 heavy (non-hydrogen) atoms. The van der Waals surface area contributed by atoms with Crippen molar-refractivity contribution in [3.05, 3.63) is 82.1 Å². The summed E-state index contributed by atoms with van der Waals surface area (Å²) in [4.78, 5) is 12.4. The van der Waals surface area contributed by atoms with E-state index in [0.29, 0.717) is 16.9 Å². The first-order chi connectivity index (χ1) is 14.3. The summed E-state index contributed by atoms with van der Waals surface area (Å²) in [6, 6.07) is 16.1. The molecule has 0 bridgehead atoms. The Kier molecular flexibility index (Phi) is 4.12. The molecule has 1 aliphatic carbocycles. The predicted molar refractivity (Wildman–Crippen MR) is 110 cm³/mol. The average Bonchev–Trinajstić information content (AvgIpc) is 3.27. The average molecular weight is 471 g/mol. The number of hydrogen-bond acceptors (Lipinski definition) is 5. The standard InChI is InChI=1S/C22H19BrN2O5/c1-25-11-15-18(24-25)21(29)19(26)16(20(27)28)17(12-5-3-2-4-6-12)22(21,30-15)13-7-9-14(23)10-8-13/h2-11,16-17,19,26,29H,1H3,(H,27,28)/t16-,17-,19-,21?,22+/m1/s1. The van der Waals surface area contributed by atoms with Gasteiger partial charge in [0.2, 0.25) is 0 Å². The lowest BCUT2D eigenvalue weighted by Gasteiger charge is -2.40. The van der Waals surface area contributed by atoms with Crippen molar-refractivity contribution in [1.82, 2.24) is 9.78 Å². The molecule has 8 heteroatoms. The van der Waals surface area contributed by atoms with Gasteiger partial charge >= 0.3 is 5.97 Å². The minimum Gasteiger partial charge on any atom is -0.481 e. The van der Waals surface area contributed by atoms with Crippen LogP contribution in [0.1, 0.15) is 22.7 Å². The second-order valence-electron chi connectivity index (χ2n) is 7.82. The van der Waals surface area contributed by atoms with Gasteiger partial charge in [0, 0.05) is 17.4 Å². The summed E-state index contributed by atoms with van der Waals surface area (Å²) in [6.45, 7) is 0. The van der Waals surface area contributed by atoms with Crippen molar-refractivity contribution < 1.29 is 24.9 Å². The maximum absolute atomic E-state index is 12.4. The quantitative estimate of drug-likeness (QED) is 0.543. The minimum atomic E-state index is -2.05. The highest BCUT2D eigenvalue weighted by atomic mass is 79.9. The molecule has 0 amide bonds. The predicted octanol–water partition coefficient (Wildman–Crippen LogP) is 2.52. The van der Waals surface area contributed by atoms with Crippen LogP contribution in [0.25, 0.3) is 0 Å². The highest BCUT2D eigenvalue weighted by molar-refractivity contribution is 9.10. The van der Waals surface area contributed by atoms with E-state index in [1.807, 2.05) is 6.07 Å². The van der Waals surface area contributed by atoms with E-state index in [4.69, 9.17) is 4.74 Å². The second-order valence-corrected chi connectivity index (χ2v) is 8.74. The molecular formula is C22H19BrN2O5. The largest absolute Gasteiger partial charge is 0.481 e. The van der Waals surface area contributed by atoms with Gasteiger partial charge in [-0.1, -0.05) is 58.4 Å². The fraction of sp³-hybridized carbons (Fsp3) is 0.273. The molecule has 1 saturated carbocycles. The molecule has 0 spiro atoms. The van der Waals surface area contributed by atoms with Crippen LogP contribution < -0.4 is 4.74 Å². The number of aromatic nitrogens is 2. The highest BCUT2D eigenvalue weighted by Gasteiger charge is 2.78. The third kappa shape index (κ3) is 2.26. The fourth-order valence-corrected chi connectivity index (χ4v) is 5.39. The molecule has 5 atom stereocenters. The van der Waals surface area contributed by atoms with Crippen molar-refractivity contribution in [3.63, 3.8) is 0 Å². The van der Waals surface area contributed by atoms with Crippen molar-refractivity contribution in [3.8, 4) is 5.75 Å². The maximum Gasteiger partial charge on any atom is 0.310 e. The number of nitrogens with zero attached hydrogens (tertiary/aromatic N) is 2. The highest BCUT2D eigenvalue weighted by Crippen LogP contribution is 2.68. The van der Waals surface area contributed by atoms with Gasteiger partial charge < -0.3 is 20.1 Å².